The molecule has 0 saturated heterocycles. The fourth-order valence-electron chi connectivity index (χ4n) is 2.43. The number of nitrogens with one attached hydrogen (secondary N) is 1. The Morgan fingerprint density at radius 3 is 3.10 bits per heavy atom. The summed E-state index contributed by atoms with van der Waals surface area (Å²) < 4.78 is 5.48. The van der Waals surface area contributed by atoms with Crippen molar-refractivity contribution in [2.75, 3.05) is 12.3 Å². The fraction of sp³-hybridized carbons (Fsp3) is 0.429. The van der Waals surface area contributed by atoms with Crippen molar-refractivity contribution in [3.63, 3.8) is 0 Å². The lowest BCUT2D eigenvalue weighted by molar-refractivity contribution is -0.00858. The molecular weight excluding hydrogens is 274 g/mol. The lowest BCUT2D eigenvalue weighted by atomic mass is 9.89. The molecule has 0 aliphatic heterocycles. The molecule has 1 aliphatic rings. The minimum atomic E-state index is -0.106. The van der Waals surface area contributed by atoms with E-state index in [-0.39, 0.29) is 18.1 Å². The van der Waals surface area contributed by atoms with Crippen molar-refractivity contribution in [2.24, 2.45) is 0 Å². The van der Waals surface area contributed by atoms with Gasteiger partial charge in [-0.25, -0.2) is 4.98 Å². The van der Waals surface area contributed by atoms with E-state index in [0.29, 0.717) is 10.6 Å². The molecule has 1 amide bonds. The standard InChI is InChI=1S/C14H17N3O2S/c1-2-19-9-6-8(7-9)17-13(18)12-11(15)10-4-3-5-16-14(10)20-12/h3-5,8-9H,2,6-7,15H2,1H3,(H,17,18). The summed E-state index contributed by atoms with van der Waals surface area (Å²) in [6.07, 6.45) is 3.75. The highest BCUT2D eigenvalue weighted by Gasteiger charge is 2.31. The van der Waals surface area contributed by atoms with Crippen molar-refractivity contribution in [1.82, 2.24) is 10.3 Å². The Hall–Kier alpha value is -1.66. The van der Waals surface area contributed by atoms with E-state index in [0.717, 1.165) is 29.7 Å². The average Bonchev–Trinajstić information content (AvgIpc) is 2.74. The molecule has 106 valence electrons. The van der Waals surface area contributed by atoms with Crippen LogP contribution in [0.15, 0.2) is 18.3 Å². The third-order valence-electron chi connectivity index (χ3n) is 3.54. The van der Waals surface area contributed by atoms with Crippen molar-refractivity contribution < 1.29 is 9.53 Å². The number of hydrogen-bond donors (Lipinski definition) is 2. The second-order valence-corrected chi connectivity index (χ2v) is 5.92. The molecule has 6 heteroatoms. The van der Waals surface area contributed by atoms with Crippen LogP contribution >= 0.6 is 11.3 Å². The second kappa shape index (κ2) is 5.38. The highest BCUT2D eigenvalue weighted by Crippen LogP contribution is 2.32. The summed E-state index contributed by atoms with van der Waals surface area (Å²) in [4.78, 5) is 17.8. The number of fused-ring (bicyclic) bond motifs is 1. The van der Waals surface area contributed by atoms with E-state index in [1.54, 1.807) is 6.20 Å². The summed E-state index contributed by atoms with van der Waals surface area (Å²) in [5.74, 6) is -0.106. The Morgan fingerprint density at radius 2 is 2.40 bits per heavy atom. The maximum absolute atomic E-state index is 12.3. The molecule has 2 aromatic rings. The molecule has 20 heavy (non-hydrogen) atoms. The average molecular weight is 291 g/mol. The van der Waals surface area contributed by atoms with Gasteiger partial charge >= 0.3 is 0 Å². The molecule has 0 aromatic carbocycles. The number of aromatic nitrogens is 1. The molecule has 3 N–H and O–H groups in total. The van der Waals surface area contributed by atoms with Crippen LogP contribution in [0.2, 0.25) is 0 Å². The highest BCUT2D eigenvalue weighted by atomic mass is 32.1. The molecule has 1 aliphatic carbocycles. The Kier molecular flexibility index (Phi) is 3.58. The Morgan fingerprint density at radius 1 is 1.60 bits per heavy atom. The fourth-order valence-corrected chi connectivity index (χ4v) is 3.39. The maximum Gasteiger partial charge on any atom is 0.263 e. The van der Waals surface area contributed by atoms with Gasteiger partial charge in [-0.05, 0) is 31.9 Å². The van der Waals surface area contributed by atoms with E-state index in [4.69, 9.17) is 10.5 Å². The van der Waals surface area contributed by atoms with Crippen molar-refractivity contribution in [3.8, 4) is 0 Å². The molecule has 3 rings (SSSR count). The number of thiophene rings is 1. The van der Waals surface area contributed by atoms with Gasteiger partial charge in [0.25, 0.3) is 5.91 Å². The second-order valence-electron chi connectivity index (χ2n) is 4.92. The number of carbonyl (C=O) groups excluding carboxylic acids is 1. The van der Waals surface area contributed by atoms with Gasteiger partial charge in [0, 0.05) is 24.2 Å². The zero-order valence-electron chi connectivity index (χ0n) is 11.3. The summed E-state index contributed by atoms with van der Waals surface area (Å²) in [6, 6.07) is 3.90. The molecule has 0 atom stereocenters. The minimum absolute atomic E-state index is 0.106. The van der Waals surface area contributed by atoms with Crippen molar-refractivity contribution in [2.45, 2.75) is 31.9 Å². The van der Waals surface area contributed by atoms with Crippen molar-refractivity contribution >= 4 is 33.1 Å². The van der Waals surface area contributed by atoms with E-state index in [9.17, 15) is 4.79 Å². The van der Waals surface area contributed by atoms with Gasteiger partial charge in [0.15, 0.2) is 0 Å². The molecule has 1 fully saturated rings. The molecule has 5 nitrogen and oxygen atoms in total. The van der Waals surface area contributed by atoms with Crippen LogP contribution in [0.3, 0.4) is 0 Å². The molecule has 2 heterocycles. The van der Waals surface area contributed by atoms with Gasteiger partial charge in [0.1, 0.15) is 9.71 Å². The predicted octanol–water partition coefficient (Wildman–Crippen LogP) is 2.18. The summed E-state index contributed by atoms with van der Waals surface area (Å²) in [7, 11) is 0. The highest BCUT2D eigenvalue weighted by molar-refractivity contribution is 7.21. The number of anilines is 1. The van der Waals surface area contributed by atoms with Crippen molar-refractivity contribution in [3.05, 3.63) is 23.2 Å². The van der Waals surface area contributed by atoms with Crippen LogP contribution in [-0.4, -0.2) is 29.6 Å². The summed E-state index contributed by atoms with van der Waals surface area (Å²) in [5.41, 5.74) is 6.56. The first-order valence-electron chi connectivity index (χ1n) is 6.74. The molecule has 0 radical (unpaired) electrons. The number of amides is 1. The Balaban J connectivity index is 1.69. The van der Waals surface area contributed by atoms with Crippen LogP contribution in [-0.2, 0) is 4.74 Å². The monoisotopic (exact) mass is 291 g/mol. The van der Waals surface area contributed by atoms with Gasteiger partial charge in [0.2, 0.25) is 0 Å². The number of hydrogen-bond acceptors (Lipinski definition) is 5. The number of pyridine rings is 1. The molecular formula is C14H17N3O2S. The van der Waals surface area contributed by atoms with Gasteiger partial charge < -0.3 is 15.8 Å². The number of rotatable bonds is 4. The summed E-state index contributed by atoms with van der Waals surface area (Å²) >= 11 is 1.34. The summed E-state index contributed by atoms with van der Waals surface area (Å²) in [5, 5.41) is 3.86. The summed E-state index contributed by atoms with van der Waals surface area (Å²) in [6.45, 7) is 2.71. The van der Waals surface area contributed by atoms with Crippen LogP contribution in [0.4, 0.5) is 5.69 Å². The van der Waals surface area contributed by atoms with Gasteiger partial charge in [-0.3, -0.25) is 4.79 Å². The topological polar surface area (TPSA) is 77.2 Å². The quantitative estimate of drug-likeness (QED) is 0.905. The lowest BCUT2D eigenvalue weighted by Crippen LogP contribution is -2.47. The molecule has 0 spiro atoms. The van der Waals surface area contributed by atoms with Gasteiger partial charge in [-0.2, -0.15) is 0 Å². The number of nitrogens with zero attached hydrogens (tertiary/aromatic N) is 1. The maximum atomic E-state index is 12.3. The van der Waals surface area contributed by atoms with Crippen LogP contribution in [0.5, 0.6) is 0 Å². The van der Waals surface area contributed by atoms with Crippen molar-refractivity contribution in [1.29, 1.82) is 0 Å². The predicted molar refractivity (Wildman–Crippen MR) is 79.9 cm³/mol. The van der Waals surface area contributed by atoms with Gasteiger partial charge in [-0.1, -0.05) is 0 Å². The lowest BCUT2D eigenvalue weighted by Gasteiger charge is -2.35. The zero-order chi connectivity index (χ0) is 14.1. The first kappa shape index (κ1) is 13.3. The van der Waals surface area contributed by atoms with Crippen LogP contribution < -0.4 is 11.1 Å². The molecule has 2 aromatic heterocycles. The number of nitrogen functional groups attached to an aromatic ring is 1. The SMILES string of the molecule is CCOC1CC(NC(=O)c2sc3ncccc3c2N)C1. The molecule has 1 saturated carbocycles. The van der Waals surface area contributed by atoms with E-state index in [1.165, 1.54) is 11.3 Å². The van der Waals surface area contributed by atoms with Crippen LogP contribution in [0.1, 0.15) is 29.4 Å². The van der Waals surface area contributed by atoms with Crippen LogP contribution in [0.25, 0.3) is 10.2 Å². The Labute approximate surface area is 121 Å². The van der Waals surface area contributed by atoms with E-state index in [2.05, 4.69) is 10.3 Å². The van der Waals surface area contributed by atoms with E-state index >= 15 is 0 Å². The molecule has 0 bridgehead atoms. The van der Waals surface area contributed by atoms with E-state index < -0.39 is 0 Å². The minimum Gasteiger partial charge on any atom is -0.397 e. The number of carbonyl (C=O) groups is 1. The van der Waals surface area contributed by atoms with Crippen LogP contribution in [0, 0.1) is 0 Å². The third-order valence-corrected chi connectivity index (χ3v) is 4.67. The molecule has 0 unspecified atom stereocenters. The third kappa shape index (κ3) is 2.36. The number of nitrogens with two attached hydrogens (primary N) is 1. The first-order valence-corrected chi connectivity index (χ1v) is 7.56. The first-order chi connectivity index (χ1) is 9.69. The van der Waals surface area contributed by atoms with E-state index in [1.807, 2.05) is 19.1 Å². The van der Waals surface area contributed by atoms with Gasteiger partial charge in [0.05, 0.1) is 11.8 Å². The largest absolute Gasteiger partial charge is 0.397 e. The van der Waals surface area contributed by atoms with Gasteiger partial charge in [-0.15, -0.1) is 11.3 Å². The normalized spacial score (nSPS) is 21.6. The zero-order valence-corrected chi connectivity index (χ0v) is 12.1. The smallest absolute Gasteiger partial charge is 0.263 e. The number of ether oxygens (including phenoxy) is 1. The Bertz CT molecular complexity index is 634.